The molecular formula is C13H29N3. The molecule has 0 bridgehead atoms. The summed E-state index contributed by atoms with van der Waals surface area (Å²) in [6, 6.07) is 0.739. The number of likely N-dealkylation sites (tertiary alicyclic amines) is 1. The van der Waals surface area contributed by atoms with Gasteiger partial charge in [0.05, 0.1) is 0 Å². The summed E-state index contributed by atoms with van der Waals surface area (Å²) in [5.41, 5.74) is 6.36. The maximum absolute atomic E-state index is 6.35. The van der Waals surface area contributed by atoms with Gasteiger partial charge in [0.25, 0.3) is 0 Å². The van der Waals surface area contributed by atoms with Crippen molar-refractivity contribution in [3.05, 3.63) is 0 Å². The quantitative estimate of drug-likeness (QED) is 0.747. The molecule has 0 radical (unpaired) electrons. The Hall–Kier alpha value is -0.120. The van der Waals surface area contributed by atoms with Gasteiger partial charge in [0.15, 0.2) is 0 Å². The van der Waals surface area contributed by atoms with E-state index in [0.717, 1.165) is 32.0 Å². The summed E-state index contributed by atoms with van der Waals surface area (Å²) in [7, 11) is 4.44. The molecule has 0 aromatic carbocycles. The molecule has 1 saturated heterocycles. The van der Waals surface area contributed by atoms with E-state index in [0.29, 0.717) is 0 Å². The average molecular weight is 227 g/mol. The monoisotopic (exact) mass is 227 g/mol. The van der Waals surface area contributed by atoms with Gasteiger partial charge < -0.3 is 15.5 Å². The molecule has 96 valence electrons. The van der Waals surface area contributed by atoms with E-state index in [4.69, 9.17) is 5.73 Å². The zero-order valence-corrected chi connectivity index (χ0v) is 11.5. The van der Waals surface area contributed by atoms with Crippen molar-refractivity contribution < 1.29 is 0 Å². The zero-order valence-electron chi connectivity index (χ0n) is 11.5. The molecule has 0 aromatic rings. The van der Waals surface area contributed by atoms with Crippen LogP contribution in [0, 0.1) is 0 Å². The van der Waals surface area contributed by atoms with Crippen LogP contribution in [0.25, 0.3) is 0 Å². The number of rotatable bonds is 6. The molecule has 1 aliphatic rings. The van der Waals surface area contributed by atoms with Gasteiger partial charge in [-0.05, 0) is 46.3 Å². The molecule has 1 aliphatic heterocycles. The van der Waals surface area contributed by atoms with Crippen molar-refractivity contribution in [3.8, 4) is 0 Å². The Kier molecular flexibility index (Phi) is 5.22. The van der Waals surface area contributed by atoms with Crippen molar-refractivity contribution in [2.24, 2.45) is 5.73 Å². The molecule has 1 fully saturated rings. The van der Waals surface area contributed by atoms with E-state index in [2.05, 4.69) is 37.7 Å². The topological polar surface area (TPSA) is 32.5 Å². The van der Waals surface area contributed by atoms with Gasteiger partial charge in [0.2, 0.25) is 0 Å². The third-order valence-electron chi connectivity index (χ3n) is 4.19. The van der Waals surface area contributed by atoms with Crippen LogP contribution in [0.5, 0.6) is 0 Å². The molecule has 0 spiro atoms. The lowest BCUT2D eigenvalue weighted by Gasteiger charge is -2.34. The molecule has 3 heteroatoms. The fourth-order valence-corrected chi connectivity index (χ4v) is 2.65. The standard InChI is InChI=1S/C13H29N3/c1-5-13(14,6-2)11-15(3)10-12-8-7-9-16(12)4/h12H,5-11,14H2,1-4H3. The number of hydrogen-bond donors (Lipinski definition) is 1. The smallest absolute Gasteiger partial charge is 0.0278 e. The second-order valence-electron chi connectivity index (χ2n) is 5.54. The lowest BCUT2D eigenvalue weighted by Crippen LogP contribution is -2.50. The van der Waals surface area contributed by atoms with Crippen molar-refractivity contribution in [3.63, 3.8) is 0 Å². The minimum absolute atomic E-state index is 0.00588. The predicted molar refractivity (Wildman–Crippen MR) is 70.6 cm³/mol. The molecule has 2 N–H and O–H groups in total. The third kappa shape index (κ3) is 3.72. The Labute approximate surface area is 101 Å². The predicted octanol–water partition coefficient (Wildman–Crippen LogP) is 1.53. The number of hydrogen-bond acceptors (Lipinski definition) is 3. The molecule has 1 rings (SSSR count). The highest BCUT2D eigenvalue weighted by atomic mass is 15.2. The number of nitrogens with zero attached hydrogens (tertiary/aromatic N) is 2. The summed E-state index contributed by atoms with van der Waals surface area (Å²) < 4.78 is 0. The summed E-state index contributed by atoms with van der Waals surface area (Å²) in [5.74, 6) is 0. The highest BCUT2D eigenvalue weighted by molar-refractivity contribution is 4.86. The van der Waals surface area contributed by atoms with Gasteiger partial charge in [-0.2, -0.15) is 0 Å². The lowest BCUT2D eigenvalue weighted by atomic mass is 9.93. The zero-order chi connectivity index (χ0) is 12.2. The summed E-state index contributed by atoms with van der Waals surface area (Å²) in [6.07, 6.45) is 4.82. The van der Waals surface area contributed by atoms with E-state index in [-0.39, 0.29) is 5.54 Å². The summed E-state index contributed by atoms with van der Waals surface area (Å²) in [6.45, 7) is 7.83. The van der Waals surface area contributed by atoms with E-state index in [1.54, 1.807) is 0 Å². The van der Waals surface area contributed by atoms with Gasteiger partial charge in [-0.3, -0.25) is 0 Å². The largest absolute Gasteiger partial charge is 0.324 e. The Morgan fingerprint density at radius 2 is 2.00 bits per heavy atom. The Balaban J connectivity index is 2.37. The van der Waals surface area contributed by atoms with Crippen LogP contribution in [-0.2, 0) is 0 Å². The average Bonchev–Trinajstić information content (AvgIpc) is 2.64. The Morgan fingerprint density at radius 3 is 2.44 bits per heavy atom. The first-order valence-electron chi connectivity index (χ1n) is 6.68. The molecule has 1 heterocycles. The van der Waals surface area contributed by atoms with Gasteiger partial charge in [-0.1, -0.05) is 13.8 Å². The van der Waals surface area contributed by atoms with Gasteiger partial charge in [0, 0.05) is 24.7 Å². The fraction of sp³-hybridized carbons (Fsp3) is 1.00. The molecule has 0 amide bonds. The van der Waals surface area contributed by atoms with Crippen molar-refractivity contribution in [1.82, 2.24) is 9.80 Å². The van der Waals surface area contributed by atoms with Crippen molar-refractivity contribution >= 4 is 0 Å². The van der Waals surface area contributed by atoms with Crippen molar-refractivity contribution in [2.75, 3.05) is 33.7 Å². The number of nitrogens with two attached hydrogens (primary N) is 1. The first-order valence-corrected chi connectivity index (χ1v) is 6.68. The van der Waals surface area contributed by atoms with Crippen LogP contribution >= 0.6 is 0 Å². The van der Waals surface area contributed by atoms with E-state index < -0.39 is 0 Å². The third-order valence-corrected chi connectivity index (χ3v) is 4.19. The summed E-state index contributed by atoms with van der Waals surface area (Å²) in [5, 5.41) is 0. The maximum atomic E-state index is 6.35. The van der Waals surface area contributed by atoms with Crippen LogP contribution < -0.4 is 5.73 Å². The summed E-state index contributed by atoms with van der Waals surface area (Å²) in [4.78, 5) is 4.89. The van der Waals surface area contributed by atoms with Gasteiger partial charge in [0.1, 0.15) is 0 Å². The van der Waals surface area contributed by atoms with Crippen LogP contribution in [-0.4, -0.2) is 55.1 Å². The van der Waals surface area contributed by atoms with Crippen LogP contribution in [0.4, 0.5) is 0 Å². The maximum Gasteiger partial charge on any atom is 0.0278 e. The van der Waals surface area contributed by atoms with E-state index >= 15 is 0 Å². The second-order valence-corrected chi connectivity index (χ2v) is 5.54. The van der Waals surface area contributed by atoms with E-state index in [9.17, 15) is 0 Å². The minimum atomic E-state index is 0.00588. The second kappa shape index (κ2) is 5.99. The molecule has 0 aromatic heterocycles. The Bertz CT molecular complexity index is 201. The fourth-order valence-electron chi connectivity index (χ4n) is 2.65. The highest BCUT2D eigenvalue weighted by Gasteiger charge is 2.26. The molecular weight excluding hydrogens is 198 g/mol. The summed E-state index contributed by atoms with van der Waals surface area (Å²) >= 11 is 0. The van der Waals surface area contributed by atoms with Crippen molar-refractivity contribution in [1.29, 1.82) is 0 Å². The van der Waals surface area contributed by atoms with Gasteiger partial charge in [-0.15, -0.1) is 0 Å². The van der Waals surface area contributed by atoms with Crippen LogP contribution in [0.1, 0.15) is 39.5 Å². The molecule has 0 aliphatic carbocycles. The molecule has 1 unspecified atom stereocenters. The minimum Gasteiger partial charge on any atom is -0.324 e. The van der Waals surface area contributed by atoms with Gasteiger partial charge in [-0.25, -0.2) is 0 Å². The lowest BCUT2D eigenvalue weighted by molar-refractivity contribution is 0.181. The van der Waals surface area contributed by atoms with E-state index in [1.807, 2.05) is 0 Å². The molecule has 0 saturated carbocycles. The molecule has 1 atom stereocenters. The van der Waals surface area contributed by atoms with Crippen LogP contribution in [0.15, 0.2) is 0 Å². The van der Waals surface area contributed by atoms with Gasteiger partial charge >= 0.3 is 0 Å². The first kappa shape index (κ1) is 13.9. The van der Waals surface area contributed by atoms with Crippen LogP contribution in [0.2, 0.25) is 0 Å². The first-order chi connectivity index (χ1) is 7.50. The molecule has 16 heavy (non-hydrogen) atoms. The normalized spacial score (nSPS) is 23.2. The highest BCUT2D eigenvalue weighted by Crippen LogP contribution is 2.17. The van der Waals surface area contributed by atoms with E-state index in [1.165, 1.54) is 19.4 Å². The number of likely N-dealkylation sites (N-methyl/N-ethyl adjacent to an activating group) is 2. The van der Waals surface area contributed by atoms with Crippen LogP contribution in [0.3, 0.4) is 0 Å². The SMILES string of the molecule is CCC(N)(CC)CN(C)CC1CCCN1C. The Morgan fingerprint density at radius 1 is 1.38 bits per heavy atom. The van der Waals surface area contributed by atoms with Crippen molar-refractivity contribution in [2.45, 2.75) is 51.1 Å². The molecule has 3 nitrogen and oxygen atoms in total.